The molecule has 11 heteroatoms. The molecule has 42 heavy (non-hydrogen) atoms. The van der Waals surface area contributed by atoms with Gasteiger partial charge in [0.15, 0.2) is 5.96 Å². The largest absolute Gasteiger partial charge is 0.480 e. The van der Waals surface area contributed by atoms with Crippen LogP contribution in [0.2, 0.25) is 0 Å². The summed E-state index contributed by atoms with van der Waals surface area (Å²) in [6.45, 7) is 0.602. The predicted molar refractivity (Wildman–Crippen MR) is 164 cm³/mol. The lowest BCUT2D eigenvalue weighted by Gasteiger charge is -2.36. The van der Waals surface area contributed by atoms with Crippen molar-refractivity contribution in [2.75, 3.05) is 19.6 Å². The van der Waals surface area contributed by atoms with Gasteiger partial charge in [-0.1, -0.05) is 62.8 Å². The van der Waals surface area contributed by atoms with Gasteiger partial charge in [0.1, 0.15) is 11.9 Å². The molecule has 9 N–H and O–H groups in total. The lowest BCUT2D eigenvalue weighted by molar-refractivity contribution is -0.144. The van der Waals surface area contributed by atoms with Crippen molar-refractivity contribution >= 4 is 29.6 Å². The molecule has 2 aliphatic carbocycles. The molecule has 1 aromatic carbocycles. The molecule has 2 amide bonds. The van der Waals surface area contributed by atoms with Crippen LogP contribution in [0.25, 0.3) is 0 Å². The number of carbonyl (C=O) groups is 3. The highest BCUT2D eigenvalue weighted by atomic mass is 16.4. The molecule has 11 nitrogen and oxygen atoms in total. The summed E-state index contributed by atoms with van der Waals surface area (Å²) >= 11 is 0. The highest BCUT2D eigenvalue weighted by molar-refractivity contribution is 5.95. The van der Waals surface area contributed by atoms with E-state index >= 15 is 0 Å². The third kappa shape index (κ3) is 10.6. The number of hydrogen-bond acceptors (Lipinski definition) is 5. The molecule has 2 atom stereocenters. The Labute approximate surface area is 249 Å². The van der Waals surface area contributed by atoms with Gasteiger partial charge in [-0.3, -0.25) is 20.0 Å². The summed E-state index contributed by atoms with van der Waals surface area (Å²) in [6, 6.07) is 6.39. The summed E-state index contributed by atoms with van der Waals surface area (Å²) in [5.41, 5.74) is 18.0. The Hall–Kier alpha value is -3.63. The Morgan fingerprint density at radius 2 is 1.60 bits per heavy atom. The molecule has 0 bridgehead atoms. The van der Waals surface area contributed by atoms with Crippen molar-refractivity contribution in [1.29, 1.82) is 5.41 Å². The van der Waals surface area contributed by atoms with E-state index < -0.39 is 17.9 Å². The van der Waals surface area contributed by atoms with Gasteiger partial charge in [-0.15, -0.1) is 0 Å². The van der Waals surface area contributed by atoms with Gasteiger partial charge in [-0.25, -0.2) is 4.79 Å². The first-order valence-corrected chi connectivity index (χ1v) is 15.4. The van der Waals surface area contributed by atoms with Gasteiger partial charge < -0.3 is 32.5 Å². The fourth-order valence-electron chi connectivity index (χ4n) is 6.39. The van der Waals surface area contributed by atoms with Crippen molar-refractivity contribution in [2.24, 2.45) is 39.9 Å². The minimum Gasteiger partial charge on any atom is -0.480 e. The Morgan fingerprint density at radius 1 is 0.976 bits per heavy atom. The SMILES string of the molecule is N=C(N)c1ccc(CC(C(=O)N(CC(=O)N[C@@H](CCCN=C(N)N)C(=O)O)CC2CCCCC2)C2CCCCC2)cc1. The number of guanidine groups is 1. The molecule has 0 radical (unpaired) electrons. The van der Waals surface area contributed by atoms with Crippen molar-refractivity contribution in [3.63, 3.8) is 0 Å². The first-order valence-electron chi connectivity index (χ1n) is 15.4. The maximum Gasteiger partial charge on any atom is 0.326 e. The molecule has 3 rings (SSSR count). The van der Waals surface area contributed by atoms with Gasteiger partial charge in [0, 0.05) is 24.6 Å². The van der Waals surface area contributed by atoms with Crippen molar-refractivity contribution in [3.05, 3.63) is 35.4 Å². The van der Waals surface area contributed by atoms with Crippen LogP contribution in [0, 0.1) is 23.2 Å². The number of aliphatic carboxylic acids is 1. The molecule has 0 saturated heterocycles. The van der Waals surface area contributed by atoms with Crippen molar-refractivity contribution in [1.82, 2.24) is 10.2 Å². The highest BCUT2D eigenvalue weighted by Crippen LogP contribution is 2.34. The number of benzene rings is 1. The zero-order valence-electron chi connectivity index (χ0n) is 24.7. The van der Waals surface area contributed by atoms with Crippen LogP contribution in [0.15, 0.2) is 29.3 Å². The Kier molecular flexibility index (Phi) is 13.1. The molecule has 2 fully saturated rings. The number of nitrogens with two attached hydrogens (primary N) is 3. The third-order valence-corrected chi connectivity index (χ3v) is 8.68. The van der Waals surface area contributed by atoms with E-state index in [1.807, 2.05) is 24.3 Å². The van der Waals surface area contributed by atoms with E-state index in [9.17, 15) is 19.5 Å². The number of amidine groups is 1. The second-order valence-corrected chi connectivity index (χ2v) is 11.9. The lowest BCUT2D eigenvalue weighted by atomic mass is 9.76. The van der Waals surface area contributed by atoms with Gasteiger partial charge in [0.05, 0.1) is 6.54 Å². The molecule has 2 saturated carbocycles. The van der Waals surface area contributed by atoms with Crippen LogP contribution < -0.4 is 22.5 Å². The molecule has 1 aromatic rings. The van der Waals surface area contributed by atoms with E-state index in [0.717, 1.165) is 56.9 Å². The number of amides is 2. The Bertz CT molecular complexity index is 1080. The standard InChI is InChI=1S/C31H49N7O4/c32-28(33)24-15-13-21(14-16-24)18-25(23-10-5-2-6-11-23)29(40)38(19-22-8-3-1-4-9-22)20-27(39)37-26(30(41)42)12-7-17-36-31(34)35/h13-16,22-23,25-26H,1-12,17-20H2,(H3,32,33)(H,37,39)(H,41,42)(H4,34,35,36)/t25?,26-/m0/s1. The van der Waals surface area contributed by atoms with Crippen LogP contribution in [-0.4, -0.2) is 65.3 Å². The maximum absolute atomic E-state index is 14.4. The van der Waals surface area contributed by atoms with Crippen LogP contribution in [0.5, 0.6) is 0 Å². The molecule has 0 spiro atoms. The van der Waals surface area contributed by atoms with E-state index in [0.29, 0.717) is 30.9 Å². The number of aliphatic imine (C=N–C) groups is 1. The Balaban J connectivity index is 1.78. The molecular formula is C31H49N7O4. The molecule has 0 aliphatic heterocycles. The summed E-state index contributed by atoms with van der Waals surface area (Å²) in [5, 5.41) is 20.0. The lowest BCUT2D eigenvalue weighted by Crippen LogP contribution is -2.50. The topological polar surface area (TPSA) is 201 Å². The zero-order valence-corrected chi connectivity index (χ0v) is 24.7. The average molecular weight is 584 g/mol. The summed E-state index contributed by atoms with van der Waals surface area (Å²) in [7, 11) is 0. The summed E-state index contributed by atoms with van der Waals surface area (Å²) in [5.74, 6) is -1.43. The second-order valence-electron chi connectivity index (χ2n) is 11.9. The molecule has 0 aromatic heterocycles. The smallest absolute Gasteiger partial charge is 0.326 e. The van der Waals surface area contributed by atoms with Gasteiger partial charge in [-0.2, -0.15) is 0 Å². The first kappa shape index (κ1) is 32.9. The predicted octanol–water partition coefficient (Wildman–Crippen LogP) is 2.74. The number of hydrogen-bond donors (Lipinski definition) is 6. The first-order chi connectivity index (χ1) is 20.1. The molecule has 1 unspecified atom stereocenters. The second kappa shape index (κ2) is 16.7. The maximum atomic E-state index is 14.4. The van der Waals surface area contributed by atoms with E-state index in [1.54, 1.807) is 4.90 Å². The normalized spacial score (nSPS) is 17.5. The quantitative estimate of drug-likeness (QED) is 0.103. The van der Waals surface area contributed by atoms with Crippen LogP contribution in [0.3, 0.4) is 0 Å². The number of carboxylic acid groups (broad SMARTS) is 1. The van der Waals surface area contributed by atoms with Crippen molar-refractivity contribution < 1.29 is 19.5 Å². The summed E-state index contributed by atoms with van der Waals surface area (Å²) in [6.07, 6.45) is 11.9. The number of nitrogens with one attached hydrogen (secondary N) is 2. The van der Waals surface area contributed by atoms with E-state index in [4.69, 9.17) is 22.6 Å². The third-order valence-electron chi connectivity index (χ3n) is 8.68. The zero-order chi connectivity index (χ0) is 30.5. The minimum absolute atomic E-state index is 0.00188. The highest BCUT2D eigenvalue weighted by Gasteiger charge is 2.35. The van der Waals surface area contributed by atoms with Gasteiger partial charge in [0.25, 0.3) is 0 Å². The van der Waals surface area contributed by atoms with E-state index in [-0.39, 0.29) is 49.0 Å². The number of rotatable bonds is 15. The molecule has 0 heterocycles. The Morgan fingerprint density at radius 3 is 2.17 bits per heavy atom. The van der Waals surface area contributed by atoms with Gasteiger partial charge >= 0.3 is 5.97 Å². The van der Waals surface area contributed by atoms with Gasteiger partial charge in [0.2, 0.25) is 11.8 Å². The monoisotopic (exact) mass is 583 g/mol. The number of carbonyl (C=O) groups excluding carboxylic acids is 2. The molecule has 232 valence electrons. The van der Waals surface area contributed by atoms with E-state index in [2.05, 4.69) is 10.3 Å². The molecule has 2 aliphatic rings. The van der Waals surface area contributed by atoms with Crippen LogP contribution >= 0.6 is 0 Å². The van der Waals surface area contributed by atoms with Crippen molar-refractivity contribution in [2.45, 2.75) is 89.5 Å². The molecular weight excluding hydrogens is 534 g/mol. The number of nitrogens with zero attached hydrogens (tertiary/aromatic N) is 2. The fraction of sp³-hybridized carbons (Fsp3) is 0.645. The van der Waals surface area contributed by atoms with Crippen molar-refractivity contribution in [3.8, 4) is 0 Å². The van der Waals surface area contributed by atoms with E-state index in [1.165, 1.54) is 12.8 Å². The summed E-state index contributed by atoms with van der Waals surface area (Å²) in [4.78, 5) is 45.1. The van der Waals surface area contributed by atoms with Crippen LogP contribution in [0.1, 0.15) is 88.2 Å². The van der Waals surface area contributed by atoms with Gasteiger partial charge in [-0.05, 0) is 62.3 Å². The van der Waals surface area contributed by atoms with Crippen LogP contribution in [-0.2, 0) is 20.8 Å². The number of nitrogen functional groups attached to an aromatic ring is 1. The minimum atomic E-state index is -1.13. The average Bonchev–Trinajstić information content (AvgIpc) is 2.97. The summed E-state index contributed by atoms with van der Waals surface area (Å²) < 4.78 is 0. The van der Waals surface area contributed by atoms with Crippen LogP contribution in [0.4, 0.5) is 0 Å². The fourth-order valence-corrected chi connectivity index (χ4v) is 6.39. The number of carboxylic acids is 1.